The molecule has 1 heterocycles. The highest BCUT2D eigenvalue weighted by atomic mass is 19.1. The van der Waals surface area contributed by atoms with Crippen LogP contribution in [0.25, 0.3) is 0 Å². The van der Waals surface area contributed by atoms with E-state index in [1.807, 2.05) is 0 Å². The Morgan fingerprint density at radius 3 is 2.89 bits per heavy atom. The standard InChI is InChI=1S/C13H17FN2O2/c1-13(2,3)18-12(17)16-10-7-15-11-8(10)5-4-6-9(11)14/h4-6,10,15H,7H2,1-3H3,(H,16,17). The minimum Gasteiger partial charge on any atom is -0.444 e. The molecule has 4 nitrogen and oxygen atoms in total. The lowest BCUT2D eigenvalue weighted by atomic mass is 10.1. The van der Waals surface area contributed by atoms with Gasteiger partial charge in [0.05, 0.1) is 11.7 Å². The van der Waals surface area contributed by atoms with Gasteiger partial charge in [-0.3, -0.25) is 0 Å². The van der Waals surface area contributed by atoms with Gasteiger partial charge in [0.25, 0.3) is 0 Å². The Labute approximate surface area is 106 Å². The molecule has 0 radical (unpaired) electrons. The number of benzene rings is 1. The van der Waals surface area contributed by atoms with Crippen molar-refractivity contribution in [2.24, 2.45) is 0 Å². The number of halogens is 1. The molecule has 0 aromatic heterocycles. The first-order valence-electron chi connectivity index (χ1n) is 5.88. The molecule has 0 aliphatic carbocycles. The number of amides is 1. The summed E-state index contributed by atoms with van der Waals surface area (Å²) in [4.78, 5) is 11.7. The largest absolute Gasteiger partial charge is 0.444 e. The number of carbonyl (C=O) groups excluding carboxylic acids is 1. The third-order valence-electron chi connectivity index (χ3n) is 2.60. The number of para-hydroxylation sites is 1. The van der Waals surface area contributed by atoms with Gasteiger partial charge in [-0.15, -0.1) is 0 Å². The fourth-order valence-electron chi connectivity index (χ4n) is 1.91. The van der Waals surface area contributed by atoms with Gasteiger partial charge in [-0.05, 0) is 26.8 Å². The van der Waals surface area contributed by atoms with E-state index in [-0.39, 0.29) is 11.9 Å². The molecule has 1 aliphatic heterocycles. The van der Waals surface area contributed by atoms with Crippen LogP contribution in [0.1, 0.15) is 32.4 Å². The maximum Gasteiger partial charge on any atom is 0.408 e. The van der Waals surface area contributed by atoms with Crippen molar-refractivity contribution in [1.29, 1.82) is 0 Å². The molecule has 2 N–H and O–H groups in total. The van der Waals surface area contributed by atoms with Crippen LogP contribution in [0.4, 0.5) is 14.9 Å². The van der Waals surface area contributed by atoms with Crippen molar-refractivity contribution in [3.8, 4) is 0 Å². The Bertz CT molecular complexity index is 469. The normalized spacial score (nSPS) is 17.9. The molecular weight excluding hydrogens is 235 g/mol. The van der Waals surface area contributed by atoms with Crippen LogP contribution in [-0.4, -0.2) is 18.2 Å². The van der Waals surface area contributed by atoms with Gasteiger partial charge < -0.3 is 15.4 Å². The highest BCUT2D eigenvalue weighted by Gasteiger charge is 2.27. The summed E-state index contributed by atoms with van der Waals surface area (Å²) in [6, 6.07) is 4.55. The molecule has 0 saturated carbocycles. The summed E-state index contributed by atoms with van der Waals surface area (Å²) < 4.78 is 18.6. The average Bonchev–Trinajstić information content (AvgIpc) is 2.60. The van der Waals surface area contributed by atoms with Crippen LogP contribution >= 0.6 is 0 Å². The predicted molar refractivity (Wildman–Crippen MR) is 67.0 cm³/mol. The van der Waals surface area contributed by atoms with Crippen LogP contribution < -0.4 is 10.6 Å². The van der Waals surface area contributed by atoms with Gasteiger partial charge >= 0.3 is 6.09 Å². The SMILES string of the molecule is CC(C)(C)OC(=O)NC1CNc2c(F)cccc21. The van der Waals surface area contributed by atoms with E-state index in [2.05, 4.69) is 10.6 Å². The van der Waals surface area contributed by atoms with Gasteiger partial charge in [0, 0.05) is 12.1 Å². The van der Waals surface area contributed by atoms with Gasteiger partial charge in [-0.2, -0.15) is 0 Å². The summed E-state index contributed by atoms with van der Waals surface area (Å²) in [6.45, 7) is 5.86. The zero-order valence-corrected chi connectivity index (χ0v) is 10.7. The van der Waals surface area contributed by atoms with E-state index in [1.54, 1.807) is 32.9 Å². The monoisotopic (exact) mass is 252 g/mol. The summed E-state index contributed by atoms with van der Waals surface area (Å²) >= 11 is 0. The Balaban J connectivity index is 2.06. The van der Waals surface area contributed by atoms with E-state index >= 15 is 0 Å². The Hall–Kier alpha value is -1.78. The predicted octanol–water partition coefficient (Wildman–Crippen LogP) is 2.82. The van der Waals surface area contributed by atoms with E-state index in [0.717, 1.165) is 5.56 Å². The maximum atomic E-state index is 13.5. The van der Waals surface area contributed by atoms with Crippen molar-refractivity contribution in [3.63, 3.8) is 0 Å². The molecule has 2 rings (SSSR count). The number of hydrogen-bond donors (Lipinski definition) is 2. The Morgan fingerprint density at radius 1 is 1.50 bits per heavy atom. The van der Waals surface area contributed by atoms with Crippen LogP contribution in [0.5, 0.6) is 0 Å². The third-order valence-corrected chi connectivity index (χ3v) is 2.60. The van der Waals surface area contributed by atoms with Crippen molar-refractivity contribution in [3.05, 3.63) is 29.6 Å². The molecule has 1 amide bonds. The van der Waals surface area contributed by atoms with Crippen LogP contribution in [0.3, 0.4) is 0 Å². The topological polar surface area (TPSA) is 50.4 Å². The number of ether oxygens (including phenoxy) is 1. The van der Waals surface area contributed by atoms with Crippen LogP contribution in [-0.2, 0) is 4.74 Å². The first-order chi connectivity index (χ1) is 8.37. The molecule has 0 spiro atoms. The first kappa shape index (κ1) is 12.7. The average molecular weight is 252 g/mol. The van der Waals surface area contributed by atoms with E-state index in [1.165, 1.54) is 6.07 Å². The summed E-state index contributed by atoms with van der Waals surface area (Å²) in [5.41, 5.74) is 0.667. The maximum absolute atomic E-state index is 13.5. The Morgan fingerprint density at radius 2 is 2.22 bits per heavy atom. The van der Waals surface area contributed by atoms with Gasteiger partial charge in [0.1, 0.15) is 11.4 Å². The van der Waals surface area contributed by atoms with Crippen molar-refractivity contribution >= 4 is 11.8 Å². The molecular formula is C13H17FN2O2. The number of hydrogen-bond acceptors (Lipinski definition) is 3. The summed E-state index contributed by atoms with van der Waals surface area (Å²) in [5.74, 6) is -0.305. The lowest BCUT2D eigenvalue weighted by molar-refractivity contribution is 0.0508. The molecule has 1 aromatic carbocycles. The number of fused-ring (bicyclic) bond motifs is 1. The first-order valence-corrected chi connectivity index (χ1v) is 5.88. The van der Waals surface area contributed by atoms with Crippen molar-refractivity contribution in [2.45, 2.75) is 32.4 Å². The van der Waals surface area contributed by atoms with E-state index in [0.29, 0.717) is 12.2 Å². The minimum atomic E-state index is -0.541. The minimum absolute atomic E-state index is 0.259. The number of nitrogens with one attached hydrogen (secondary N) is 2. The zero-order chi connectivity index (χ0) is 13.3. The van der Waals surface area contributed by atoms with Gasteiger partial charge in [0.15, 0.2) is 0 Å². The van der Waals surface area contributed by atoms with Crippen LogP contribution in [0, 0.1) is 5.82 Å². The lowest BCUT2D eigenvalue weighted by Crippen LogP contribution is -2.35. The van der Waals surface area contributed by atoms with Gasteiger partial charge in [-0.25, -0.2) is 9.18 Å². The molecule has 18 heavy (non-hydrogen) atoms. The molecule has 5 heteroatoms. The smallest absolute Gasteiger partial charge is 0.408 e. The lowest BCUT2D eigenvalue weighted by Gasteiger charge is -2.21. The highest BCUT2D eigenvalue weighted by Crippen LogP contribution is 2.31. The van der Waals surface area contributed by atoms with Crippen LogP contribution in [0.15, 0.2) is 18.2 Å². The number of carbonyl (C=O) groups is 1. The molecule has 1 unspecified atom stereocenters. The van der Waals surface area contributed by atoms with Crippen LogP contribution in [0.2, 0.25) is 0 Å². The quantitative estimate of drug-likeness (QED) is 0.808. The second-order valence-electron chi connectivity index (χ2n) is 5.28. The molecule has 0 fully saturated rings. The second kappa shape index (κ2) is 4.48. The molecule has 1 aliphatic rings. The summed E-state index contributed by atoms with van der Waals surface area (Å²) in [5, 5.41) is 5.67. The van der Waals surface area contributed by atoms with E-state index < -0.39 is 11.7 Å². The zero-order valence-electron chi connectivity index (χ0n) is 10.7. The van der Waals surface area contributed by atoms with Crippen molar-refractivity contribution < 1.29 is 13.9 Å². The molecule has 0 bridgehead atoms. The van der Waals surface area contributed by atoms with Gasteiger partial charge in [0.2, 0.25) is 0 Å². The van der Waals surface area contributed by atoms with Gasteiger partial charge in [-0.1, -0.05) is 12.1 Å². The van der Waals surface area contributed by atoms with E-state index in [9.17, 15) is 9.18 Å². The number of rotatable bonds is 1. The highest BCUT2D eigenvalue weighted by molar-refractivity contribution is 5.70. The molecule has 0 saturated heterocycles. The third kappa shape index (κ3) is 2.72. The van der Waals surface area contributed by atoms with Crippen molar-refractivity contribution in [1.82, 2.24) is 5.32 Å². The molecule has 98 valence electrons. The molecule has 1 atom stereocenters. The van der Waals surface area contributed by atoms with E-state index in [4.69, 9.17) is 4.74 Å². The molecule has 1 aromatic rings. The number of anilines is 1. The number of alkyl carbamates (subject to hydrolysis) is 1. The fraction of sp³-hybridized carbons (Fsp3) is 0.462. The van der Waals surface area contributed by atoms with Crippen molar-refractivity contribution in [2.75, 3.05) is 11.9 Å². The summed E-state index contributed by atoms with van der Waals surface area (Å²) in [7, 11) is 0. The fourth-order valence-corrected chi connectivity index (χ4v) is 1.91. The summed E-state index contributed by atoms with van der Waals surface area (Å²) in [6.07, 6.45) is -0.494. The Kier molecular flexibility index (Phi) is 3.15. The second-order valence-corrected chi connectivity index (χ2v) is 5.28.